The molecule has 2 aromatic carbocycles. The van der Waals surface area contributed by atoms with Crippen molar-refractivity contribution in [3.05, 3.63) is 70.1 Å². The molecule has 182 valence electrons. The number of nitrogens with zero attached hydrogens (tertiary/aromatic N) is 2. The minimum atomic E-state index is -3.99. The van der Waals surface area contributed by atoms with Crippen LogP contribution < -0.4 is 8.92 Å². The number of rotatable bonds is 6. The van der Waals surface area contributed by atoms with Crippen molar-refractivity contribution in [3.8, 4) is 17.6 Å². The van der Waals surface area contributed by atoms with Gasteiger partial charge in [0.2, 0.25) is 0 Å². The van der Waals surface area contributed by atoms with Gasteiger partial charge in [-0.15, -0.1) is 11.3 Å². The number of hydrogen-bond acceptors (Lipinski definition) is 7. The van der Waals surface area contributed by atoms with Crippen LogP contribution in [0.3, 0.4) is 0 Å². The lowest BCUT2D eigenvalue weighted by Crippen LogP contribution is -2.26. The highest BCUT2D eigenvalue weighted by Crippen LogP contribution is 2.45. The van der Waals surface area contributed by atoms with Gasteiger partial charge in [0.05, 0.1) is 12.7 Å². The zero-order valence-corrected chi connectivity index (χ0v) is 21.9. The minimum absolute atomic E-state index is 0.0621. The number of methoxy groups -OCH3 is 1. The molecule has 3 aromatic rings. The number of aliphatic imine (C=N–C) groups is 1. The van der Waals surface area contributed by atoms with Crippen LogP contribution in [-0.2, 0) is 23.0 Å². The molecule has 6 nitrogen and oxygen atoms in total. The summed E-state index contributed by atoms with van der Waals surface area (Å²) in [6, 6.07) is 15.2. The Kier molecular flexibility index (Phi) is 7.02. The Balaban J connectivity index is 1.58. The van der Waals surface area contributed by atoms with Gasteiger partial charge in [-0.05, 0) is 72.1 Å². The second-order valence-electron chi connectivity index (χ2n) is 9.62. The first-order valence-electron chi connectivity index (χ1n) is 11.4. The van der Waals surface area contributed by atoms with Gasteiger partial charge in [-0.1, -0.05) is 39.0 Å². The molecular formula is C27H28N2O4S2. The number of thiophene rings is 1. The van der Waals surface area contributed by atoms with E-state index in [1.807, 2.05) is 0 Å². The molecule has 0 fully saturated rings. The van der Waals surface area contributed by atoms with Crippen LogP contribution in [0, 0.1) is 22.7 Å². The van der Waals surface area contributed by atoms with Crippen molar-refractivity contribution in [1.29, 1.82) is 5.26 Å². The van der Waals surface area contributed by atoms with E-state index in [2.05, 4.69) is 31.8 Å². The fourth-order valence-electron chi connectivity index (χ4n) is 4.24. The van der Waals surface area contributed by atoms with Crippen LogP contribution in [0.25, 0.3) is 0 Å². The maximum absolute atomic E-state index is 12.6. The van der Waals surface area contributed by atoms with E-state index in [9.17, 15) is 13.7 Å². The summed E-state index contributed by atoms with van der Waals surface area (Å²) in [7, 11) is -2.54. The van der Waals surface area contributed by atoms with Crippen molar-refractivity contribution in [3.63, 3.8) is 0 Å². The Labute approximate surface area is 211 Å². The molecule has 0 amide bonds. The summed E-state index contributed by atoms with van der Waals surface area (Å²) in [6.07, 6.45) is 4.62. The van der Waals surface area contributed by atoms with Crippen LogP contribution in [0.1, 0.15) is 48.8 Å². The van der Waals surface area contributed by atoms with E-state index in [1.165, 1.54) is 24.1 Å². The molecule has 8 heteroatoms. The fourth-order valence-corrected chi connectivity index (χ4v) is 6.42. The van der Waals surface area contributed by atoms with E-state index in [0.29, 0.717) is 22.0 Å². The second kappa shape index (κ2) is 9.84. The van der Waals surface area contributed by atoms with E-state index in [1.54, 1.807) is 53.9 Å². The number of nitriles is 1. The minimum Gasteiger partial charge on any atom is -0.493 e. The van der Waals surface area contributed by atoms with Crippen molar-refractivity contribution in [2.75, 3.05) is 7.11 Å². The zero-order chi connectivity index (χ0) is 25.2. The van der Waals surface area contributed by atoms with Gasteiger partial charge in [-0.2, -0.15) is 13.7 Å². The lowest BCUT2D eigenvalue weighted by molar-refractivity contribution is 0.218. The normalized spacial score (nSPS) is 16.0. The topological polar surface area (TPSA) is 88.8 Å². The van der Waals surface area contributed by atoms with Crippen molar-refractivity contribution in [2.45, 2.75) is 44.9 Å². The molecule has 0 N–H and O–H groups in total. The Morgan fingerprint density at radius 1 is 1.14 bits per heavy atom. The standard InChI is InChI=1S/C27H28N2O4S2/c1-27(2,3)19-11-12-21-22(16-28)26(34-25(21)15-19)29-17-18-10-13-23(24(14-18)32-4)33-35(30,31)20-8-6-5-7-9-20/h5-10,13-14,17,19H,11-12,15H2,1-4H3/t19-/m1/s1. The number of fused-ring (bicyclic) bond motifs is 1. The molecule has 0 unspecified atom stereocenters. The Morgan fingerprint density at radius 2 is 1.89 bits per heavy atom. The summed E-state index contributed by atoms with van der Waals surface area (Å²) in [5.41, 5.74) is 2.73. The highest BCUT2D eigenvalue weighted by atomic mass is 32.2. The number of hydrogen-bond donors (Lipinski definition) is 0. The predicted octanol–water partition coefficient (Wildman–Crippen LogP) is 6.30. The molecule has 1 aliphatic rings. The van der Waals surface area contributed by atoms with Crippen LogP contribution in [0.2, 0.25) is 0 Å². The van der Waals surface area contributed by atoms with Crippen LogP contribution in [0.15, 0.2) is 58.4 Å². The average molecular weight is 509 g/mol. The highest BCUT2D eigenvalue weighted by molar-refractivity contribution is 7.87. The average Bonchev–Trinajstić information content (AvgIpc) is 3.20. The Morgan fingerprint density at radius 3 is 2.54 bits per heavy atom. The van der Waals surface area contributed by atoms with Gasteiger partial charge in [0.15, 0.2) is 11.5 Å². The number of ether oxygens (including phenoxy) is 1. The summed E-state index contributed by atoms with van der Waals surface area (Å²) in [4.78, 5) is 5.94. The molecule has 0 bridgehead atoms. The zero-order valence-electron chi connectivity index (χ0n) is 20.2. The third kappa shape index (κ3) is 5.42. The highest BCUT2D eigenvalue weighted by Gasteiger charge is 2.32. The van der Waals surface area contributed by atoms with E-state index < -0.39 is 10.1 Å². The van der Waals surface area contributed by atoms with Crippen LogP contribution in [0.4, 0.5) is 5.00 Å². The fraction of sp³-hybridized carbons (Fsp3) is 0.333. The molecule has 0 saturated carbocycles. The van der Waals surface area contributed by atoms with Crippen LogP contribution >= 0.6 is 11.3 Å². The number of benzene rings is 2. The molecule has 0 spiro atoms. The summed E-state index contributed by atoms with van der Waals surface area (Å²) < 4.78 is 35.9. The Hall–Kier alpha value is -3.15. The lowest BCUT2D eigenvalue weighted by atomic mass is 9.72. The van der Waals surface area contributed by atoms with Gasteiger partial charge in [0.1, 0.15) is 16.0 Å². The van der Waals surface area contributed by atoms with Crippen molar-refractivity contribution in [1.82, 2.24) is 0 Å². The maximum atomic E-state index is 12.6. The van der Waals surface area contributed by atoms with Crippen molar-refractivity contribution < 1.29 is 17.3 Å². The van der Waals surface area contributed by atoms with Gasteiger partial charge in [-0.3, -0.25) is 0 Å². The molecule has 1 heterocycles. The van der Waals surface area contributed by atoms with Crippen LogP contribution in [-0.4, -0.2) is 21.7 Å². The molecule has 0 saturated heterocycles. The molecule has 0 aliphatic heterocycles. The molecule has 35 heavy (non-hydrogen) atoms. The van der Waals surface area contributed by atoms with E-state index >= 15 is 0 Å². The SMILES string of the molecule is COc1cc(C=Nc2sc3c(c2C#N)CC[C@@H](C(C)(C)C)C3)ccc1OS(=O)(=O)c1ccccc1. The first-order valence-corrected chi connectivity index (χ1v) is 13.6. The molecular weight excluding hydrogens is 480 g/mol. The van der Waals surface area contributed by atoms with E-state index in [4.69, 9.17) is 8.92 Å². The van der Waals surface area contributed by atoms with Crippen LogP contribution in [0.5, 0.6) is 11.5 Å². The predicted molar refractivity (Wildman–Crippen MR) is 139 cm³/mol. The first kappa shape index (κ1) is 25.0. The summed E-state index contributed by atoms with van der Waals surface area (Å²) in [5.74, 6) is 0.944. The van der Waals surface area contributed by atoms with Gasteiger partial charge >= 0.3 is 10.1 Å². The van der Waals surface area contributed by atoms with Gasteiger partial charge in [0, 0.05) is 11.1 Å². The molecule has 0 radical (unpaired) electrons. The molecule has 1 atom stereocenters. The van der Waals surface area contributed by atoms with Gasteiger partial charge in [-0.25, -0.2) is 4.99 Å². The van der Waals surface area contributed by atoms with Crippen molar-refractivity contribution >= 4 is 32.7 Å². The largest absolute Gasteiger partial charge is 0.493 e. The van der Waals surface area contributed by atoms with Crippen molar-refractivity contribution in [2.24, 2.45) is 16.3 Å². The van der Waals surface area contributed by atoms with E-state index in [-0.39, 0.29) is 21.8 Å². The third-order valence-corrected chi connectivity index (χ3v) is 8.74. The quantitative estimate of drug-likeness (QED) is 0.288. The summed E-state index contributed by atoms with van der Waals surface area (Å²) in [6.45, 7) is 6.81. The van der Waals surface area contributed by atoms with Gasteiger partial charge < -0.3 is 8.92 Å². The summed E-state index contributed by atoms with van der Waals surface area (Å²) >= 11 is 1.59. The lowest BCUT2D eigenvalue weighted by Gasteiger charge is -2.33. The summed E-state index contributed by atoms with van der Waals surface area (Å²) in [5, 5.41) is 10.5. The molecule has 1 aromatic heterocycles. The first-order chi connectivity index (χ1) is 16.6. The van der Waals surface area contributed by atoms with Gasteiger partial charge in [0.25, 0.3) is 0 Å². The molecule has 4 rings (SSSR count). The second-order valence-corrected chi connectivity index (χ2v) is 12.3. The third-order valence-electron chi connectivity index (χ3n) is 6.33. The monoisotopic (exact) mass is 508 g/mol. The smallest absolute Gasteiger partial charge is 0.339 e. The van der Waals surface area contributed by atoms with E-state index in [0.717, 1.165) is 24.8 Å². The maximum Gasteiger partial charge on any atom is 0.339 e. The Bertz CT molecular complexity index is 1400. The molecule has 1 aliphatic carbocycles.